The molecule has 0 heterocycles. The first kappa shape index (κ1) is 12.1. The number of amides is 1. The SMILES string of the molecule is CCC(CC)NC(=O)C1(C)CC1(Cl)Cl. The van der Waals surface area contributed by atoms with E-state index in [1.807, 2.05) is 6.92 Å². The second-order valence-corrected chi connectivity index (χ2v) is 5.68. The summed E-state index contributed by atoms with van der Waals surface area (Å²) in [5.41, 5.74) is -0.585. The van der Waals surface area contributed by atoms with Crippen LogP contribution in [0.4, 0.5) is 0 Å². The summed E-state index contributed by atoms with van der Waals surface area (Å²) in [5.74, 6) is -0.0174. The molecule has 0 saturated heterocycles. The van der Waals surface area contributed by atoms with Crippen molar-refractivity contribution in [2.45, 2.75) is 50.4 Å². The Balaban J connectivity index is 2.52. The van der Waals surface area contributed by atoms with E-state index >= 15 is 0 Å². The minimum atomic E-state index is -0.858. The fourth-order valence-electron chi connectivity index (χ4n) is 1.48. The number of nitrogens with one attached hydrogen (secondary N) is 1. The topological polar surface area (TPSA) is 29.1 Å². The lowest BCUT2D eigenvalue weighted by molar-refractivity contribution is -0.126. The average molecular weight is 238 g/mol. The van der Waals surface area contributed by atoms with E-state index in [0.717, 1.165) is 12.8 Å². The third-order valence-corrected chi connectivity index (χ3v) is 4.18. The van der Waals surface area contributed by atoms with Crippen molar-refractivity contribution in [1.82, 2.24) is 5.32 Å². The number of carbonyl (C=O) groups is 1. The van der Waals surface area contributed by atoms with E-state index in [4.69, 9.17) is 23.2 Å². The molecule has 0 aromatic rings. The molecule has 1 unspecified atom stereocenters. The molecule has 1 saturated carbocycles. The first-order valence-corrected chi connectivity index (χ1v) is 5.81. The van der Waals surface area contributed by atoms with Crippen LogP contribution in [-0.2, 0) is 4.79 Å². The van der Waals surface area contributed by atoms with Crippen molar-refractivity contribution in [3.63, 3.8) is 0 Å². The summed E-state index contributed by atoms with van der Waals surface area (Å²) in [4.78, 5) is 11.8. The summed E-state index contributed by atoms with van der Waals surface area (Å²) >= 11 is 11.8. The Kier molecular flexibility index (Phi) is 3.37. The summed E-state index contributed by atoms with van der Waals surface area (Å²) in [6, 6.07) is 0.240. The van der Waals surface area contributed by atoms with Crippen LogP contribution in [-0.4, -0.2) is 16.3 Å². The van der Waals surface area contributed by atoms with Gasteiger partial charge in [-0.2, -0.15) is 0 Å². The van der Waals surface area contributed by atoms with Gasteiger partial charge in [-0.3, -0.25) is 4.79 Å². The van der Waals surface area contributed by atoms with Gasteiger partial charge in [0.2, 0.25) is 5.91 Å². The minimum Gasteiger partial charge on any atom is -0.353 e. The molecule has 0 aliphatic heterocycles. The van der Waals surface area contributed by atoms with Gasteiger partial charge in [0, 0.05) is 6.04 Å². The Morgan fingerprint density at radius 3 is 2.14 bits per heavy atom. The maximum Gasteiger partial charge on any atom is 0.229 e. The molecular weight excluding hydrogens is 221 g/mol. The van der Waals surface area contributed by atoms with Gasteiger partial charge in [-0.1, -0.05) is 13.8 Å². The number of alkyl halides is 2. The first-order chi connectivity index (χ1) is 6.37. The predicted octanol–water partition coefficient (Wildman–Crippen LogP) is 2.88. The van der Waals surface area contributed by atoms with Crippen LogP contribution in [0, 0.1) is 5.41 Å². The molecule has 1 fully saturated rings. The third kappa shape index (κ3) is 2.01. The molecule has 1 rings (SSSR count). The van der Waals surface area contributed by atoms with Gasteiger partial charge in [0.15, 0.2) is 0 Å². The highest BCUT2D eigenvalue weighted by molar-refractivity contribution is 6.53. The second-order valence-electron chi connectivity index (χ2n) is 4.20. The summed E-state index contributed by atoms with van der Waals surface area (Å²) in [6.07, 6.45) is 2.43. The quantitative estimate of drug-likeness (QED) is 0.749. The van der Waals surface area contributed by atoms with Crippen LogP contribution >= 0.6 is 23.2 Å². The molecule has 1 aliphatic rings. The molecule has 0 aromatic carbocycles. The van der Waals surface area contributed by atoms with Crippen molar-refractivity contribution >= 4 is 29.1 Å². The number of halogens is 2. The molecule has 0 spiro atoms. The minimum absolute atomic E-state index is 0.0174. The lowest BCUT2D eigenvalue weighted by Gasteiger charge is -2.18. The van der Waals surface area contributed by atoms with Crippen LogP contribution in [0.25, 0.3) is 0 Å². The molecule has 4 heteroatoms. The normalized spacial score (nSPS) is 29.0. The molecule has 1 atom stereocenters. The highest BCUT2D eigenvalue weighted by atomic mass is 35.5. The zero-order valence-electron chi connectivity index (χ0n) is 8.86. The van der Waals surface area contributed by atoms with E-state index in [2.05, 4.69) is 19.2 Å². The Bertz CT molecular complexity index is 238. The van der Waals surface area contributed by atoms with Gasteiger partial charge in [-0.25, -0.2) is 0 Å². The molecule has 1 aliphatic carbocycles. The number of rotatable bonds is 4. The number of hydrogen-bond acceptors (Lipinski definition) is 1. The molecule has 1 amide bonds. The fourth-order valence-corrected chi connectivity index (χ4v) is 2.19. The monoisotopic (exact) mass is 237 g/mol. The zero-order chi connectivity index (χ0) is 11.0. The fraction of sp³-hybridized carbons (Fsp3) is 0.900. The van der Waals surface area contributed by atoms with Crippen molar-refractivity contribution in [3.05, 3.63) is 0 Å². The van der Waals surface area contributed by atoms with Crippen molar-refractivity contribution in [2.75, 3.05) is 0 Å². The largest absolute Gasteiger partial charge is 0.353 e. The summed E-state index contributed by atoms with van der Waals surface area (Å²) < 4.78 is -0.858. The molecular formula is C10H17Cl2NO. The smallest absolute Gasteiger partial charge is 0.229 e. The molecule has 0 aromatic heterocycles. The number of hydrogen-bond donors (Lipinski definition) is 1. The zero-order valence-corrected chi connectivity index (χ0v) is 10.4. The highest BCUT2D eigenvalue weighted by Crippen LogP contribution is 2.63. The summed E-state index contributed by atoms with van der Waals surface area (Å²) in [6.45, 7) is 5.92. The van der Waals surface area contributed by atoms with E-state index in [9.17, 15) is 4.79 Å². The molecule has 2 nitrogen and oxygen atoms in total. The van der Waals surface area contributed by atoms with Gasteiger partial charge in [0.25, 0.3) is 0 Å². The van der Waals surface area contributed by atoms with Gasteiger partial charge >= 0.3 is 0 Å². The molecule has 82 valence electrons. The van der Waals surface area contributed by atoms with Crippen molar-refractivity contribution < 1.29 is 4.79 Å². The Morgan fingerprint density at radius 2 is 1.86 bits per heavy atom. The Morgan fingerprint density at radius 1 is 1.43 bits per heavy atom. The van der Waals surface area contributed by atoms with Crippen LogP contribution in [0.15, 0.2) is 0 Å². The van der Waals surface area contributed by atoms with Gasteiger partial charge in [0.05, 0.1) is 5.41 Å². The predicted molar refractivity (Wildman–Crippen MR) is 59.7 cm³/mol. The first-order valence-electron chi connectivity index (χ1n) is 5.06. The molecule has 1 N–H and O–H groups in total. The van der Waals surface area contributed by atoms with Crippen LogP contribution in [0.3, 0.4) is 0 Å². The Hall–Kier alpha value is 0.0500. The van der Waals surface area contributed by atoms with E-state index in [0.29, 0.717) is 6.42 Å². The summed E-state index contributed by atoms with van der Waals surface area (Å²) in [5, 5.41) is 2.97. The maximum atomic E-state index is 11.8. The molecule has 14 heavy (non-hydrogen) atoms. The number of carbonyl (C=O) groups excluding carboxylic acids is 1. The second kappa shape index (κ2) is 3.90. The average Bonchev–Trinajstić information content (AvgIpc) is 2.63. The lowest BCUT2D eigenvalue weighted by Crippen LogP contribution is -2.40. The van der Waals surface area contributed by atoms with E-state index in [1.165, 1.54) is 0 Å². The molecule has 0 bridgehead atoms. The third-order valence-electron chi connectivity index (χ3n) is 3.08. The van der Waals surface area contributed by atoms with Gasteiger partial charge in [-0.15, -0.1) is 23.2 Å². The van der Waals surface area contributed by atoms with Gasteiger partial charge in [-0.05, 0) is 26.2 Å². The van der Waals surface area contributed by atoms with Crippen molar-refractivity contribution in [3.8, 4) is 0 Å². The summed E-state index contributed by atoms with van der Waals surface area (Å²) in [7, 11) is 0. The van der Waals surface area contributed by atoms with Crippen LogP contribution in [0.1, 0.15) is 40.0 Å². The van der Waals surface area contributed by atoms with Crippen LogP contribution in [0.2, 0.25) is 0 Å². The van der Waals surface area contributed by atoms with Crippen LogP contribution < -0.4 is 5.32 Å². The molecule has 0 radical (unpaired) electrons. The van der Waals surface area contributed by atoms with Crippen molar-refractivity contribution in [2.24, 2.45) is 5.41 Å². The Labute approximate surface area is 95.3 Å². The van der Waals surface area contributed by atoms with E-state index in [1.54, 1.807) is 0 Å². The van der Waals surface area contributed by atoms with E-state index in [-0.39, 0.29) is 11.9 Å². The van der Waals surface area contributed by atoms with Gasteiger partial charge in [0.1, 0.15) is 4.33 Å². The van der Waals surface area contributed by atoms with Crippen LogP contribution in [0.5, 0.6) is 0 Å². The van der Waals surface area contributed by atoms with Crippen molar-refractivity contribution in [1.29, 1.82) is 0 Å². The lowest BCUT2D eigenvalue weighted by atomic mass is 10.1. The maximum absolute atomic E-state index is 11.8. The highest BCUT2D eigenvalue weighted by Gasteiger charge is 2.67. The van der Waals surface area contributed by atoms with E-state index < -0.39 is 9.75 Å². The van der Waals surface area contributed by atoms with Gasteiger partial charge < -0.3 is 5.32 Å². The standard InChI is InChI=1S/C10H17Cl2NO/c1-4-7(5-2)13-8(14)9(3)6-10(9,11)12/h7H,4-6H2,1-3H3,(H,13,14).